The van der Waals surface area contributed by atoms with Crippen LogP contribution in [0.3, 0.4) is 0 Å². The highest BCUT2D eigenvalue weighted by Gasteiger charge is 2.22. The van der Waals surface area contributed by atoms with Gasteiger partial charge in [-0.3, -0.25) is 4.79 Å². The summed E-state index contributed by atoms with van der Waals surface area (Å²) < 4.78 is 5.63. The van der Waals surface area contributed by atoms with Gasteiger partial charge < -0.3 is 15.2 Å². The summed E-state index contributed by atoms with van der Waals surface area (Å²) >= 11 is 4.68. The number of hydrogen-bond donors (Lipinski definition) is 2. The molecule has 0 atom stereocenters. The van der Waals surface area contributed by atoms with Crippen molar-refractivity contribution in [1.82, 2.24) is 0 Å². The van der Waals surface area contributed by atoms with Crippen molar-refractivity contribution in [1.29, 1.82) is 10.5 Å². The number of amides is 1. The van der Waals surface area contributed by atoms with Gasteiger partial charge in [0.1, 0.15) is 28.5 Å². The molecule has 1 aromatic carbocycles. The van der Waals surface area contributed by atoms with Crippen molar-refractivity contribution in [3.05, 3.63) is 49.8 Å². The molecule has 0 saturated carbocycles. The van der Waals surface area contributed by atoms with E-state index in [0.29, 0.717) is 26.4 Å². The number of thiophene rings is 1. The van der Waals surface area contributed by atoms with Crippen molar-refractivity contribution in [3.63, 3.8) is 0 Å². The number of anilines is 1. The Kier molecular flexibility index (Phi) is 6.88. The van der Waals surface area contributed by atoms with Gasteiger partial charge in [-0.05, 0) is 70.9 Å². The van der Waals surface area contributed by atoms with Crippen molar-refractivity contribution >= 4 is 50.2 Å². The average Bonchev–Trinajstić information content (AvgIpc) is 3.07. The first-order valence-electron chi connectivity index (χ1n) is 9.05. The van der Waals surface area contributed by atoms with Crippen molar-refractivity contribution in [2.45, 2.75) is 25.7 Å². The van der Waals surface area contributed by atoms with Gasteiger partial charge in [0, 0.05) is 4.88 Å². The molecule has 2 N–H and O–H groups in total. The molecule has 3 rings (SSSR count). The standard InChI is InChI=1S/C21H16BrN3O4S/c22-16-8-12(5-6-17(16)29-11-19(26)27)7-13(9-23)20(28)25-21-15(10-24)14-3-1-2-4-18(14)30-21/h5-8H,1-4,11H2,(H,25,28)(H,26,27)/b13-7-. The molecular weight excluding hydrogens is 470 g/mol. The Morgan fingerprint density at radius 2 is 2.07 bits per heavy atom. The number of ether oxygens (including phenoxy) is 1. The normalized spacial score (nSPS) is 13.0. The van der Waals surface area contributed by atoms with Crippen molar-refractivity contribution < 1.29 is 19.4 Å². The van der Waals surface area contributed by atoms with Gasteiger partial charge in [0.25, 0.3) is 5.91 Å². The van der Waals surface area contributed by atoms with Crippen molar-refractivity contribution in [2.75, 3.05) is 11.9 Å². The summed E-state index contributed by atoms with van der Waals surface area (Å²) in [4.78, 5) is 24.4. The fraction of sp³-hybridized carbons (Fsp3) is 0.238. The number of hydrogen-bond acceptors (Lipinski definition) is 6. The molecule has 2 aromatic rings. The Balaban J connectivity index is 1.80. The highest BCUT2D eigenvalue weighted by Crippen LogP contribution is 2.37. The second-order valence-corrected chi connectivity index (χ2v) is 8.48. The Morgan fingerprint density at radius 1 is 1.30 bits per heavy atom. The van der Waals surface area contributed by atoms with Crippen LogP contribution >= 0.6 is 27.3 Å². The van der Waals surface area contributed by atoms with E-state index in [4.69, 9.17) is 9.84 Å². The number of nitrogens with zero attached hydrogens (tertiary/aromatic N) is 2. The number of halogens is 1. The SMILES string of the molecule is N#C/C(=C/c1ccc(OCC(=O)O)c(Br)c1)C(=O)Nc1sc2c(c1C#N)CCCC2. The molecule has 152 valence electrons. The Bertz CT molecular complexity index is 1120. The molecule has 0 saturated heterocycles. The molecular formula is C21H16BrN3O4S. The first kappa shape index (κ1) is 21.6. The molecule has 0 unspecified atom stereocenters. The van der Waals surface area contributed by atoms with E-state index >= 15 is 0 Å². The Morgan fingerprint density at radius 3 is 2.73 bits per heavy atom. The van der Waals surface area contributed by atoms with E-state index in [-0.39, 0.29) is 5.57 Å². The highest BCUT2D eigenvalue weighted by atomic mass is 79.9. The second kappa shape index (κ2) is 9.57. The predicted molar refractivity (Wildman–Crippen MR) is 115 cm³/mol. The van der Waals surface area contributed by atoms with Crippen LogP contribution in [0.25, 0.3) is 6.08 Å². The number of benzene rings is 1. The van der Waals surface area contributed by atoms with Crippen LogP contribution in [0.4, 0.5) is 5.00 Å². The largest absolute Gasteiger partial charge is 0.481 e. The van der Waals surface area contributed by atoms with Crippen LogP contribution in [0.2, 0.25) is 0 Å². The number of carbonyl (C=O) groups excluding carboxylic acids is 1. The smallest absolute Gasteiger partial charge is 0.341 e. The summed E-state index contributed by atoms with van der Waals surface area (Å²) in [6, 6.07) is 8.85. The molecule has 7 nitrogen and oxygen atoms in total. The monoisotopic (exact) mass is 485 g/mol. The zero-order chi connectivity index (χ0) is 21.7. The third-order valence-electron chi connectivity index (χ3n) is 4.49. The summed E-state index contributed by atoms with van der Waals surface area (Å²) in [5, 5.41) is 30.9. The van der Waals surface area contributed by atoms with E-state index in [0.717, 1.165) is 36.1 Å². The molecule has 1 aliphatic carbocycles. The van der Waals surface area contributed by atoms with E-state index in [1.807, 2.05) is 6.07 Å². The molecule has 1 heterocycles. The number of fused-ring (bicyclic) bond motifs is 1. The van der Waals surface area contributed by atoms with Gasteiger partial charge in [-0.15, -0.1) is 11.3 Å². The lowest BCUT2D eigenvalue weighted by molar-refractivity contribution is -0.139. The van der Waals surface area contributed by atoms with Gasteiger partial charge in [-0.2, -0.15) is 10.5 Å². The number of aryl methyl sites for hydroxylation is 1. The molecule has 0 aliphatic heterocycles. The van der Waals surface area contributed by atoms with Gasteiger partial charge in [0.2, 0.25) is 0 Å². The summed E-state index contributed by atoms with van der Waals surface area (Å²) in [7, 11) is 0. The third-order valence-corrected chi connectivity index (χ3v) is 6.32. The number of nitriles is 2. The first-order valence-corrected chi connectivity index (χ1v) is 10.7. The number of carbonyl (C=O) groups is 2. The van der Waals surface area contributed by atoms with Crippen LogP contribution in [0.1, 0.15) is 34.4 Å². The minimum atomic E-state index is -1.10. The zero-order valence-corrected chi connectivity index (χ0v) is 18.1. The second-order valence-electron chi connectivity index (χ2n) is 6.52. The van der Waals surface area contributed by atoms with Gasteiger partial charge in [0.05, 0.1) is 10.0 Å². The molecule has 0 spiro atoms. The maximum atomic E-state index is 12.7. The van der Waals surface area contributed by atoms with Crippen LogP contribution in [-0.4, -0.2) is 23.6 Å². The quantitative estimate of drug-likeness (QED) is 0.464. The lowest BCUT2D eigenvalue weighted by atomic mass is 9.96. The van der Waals surface area contributed by atoms with E-state index in [2.05, 4.69) is 27.3 Å². The molecule has 0 fully saturated rings. The molecule has 1 aliphatic rings. The minimum Gasteiger partial charge on any atom is -0.481 e. The van der Waals surface area contributed by atoms with Gasteiger partial charge in [0.15, 0.2) is 6.61 Å². The lowest BCUT2D eigenvalue weighted by Gasteiger charge is -2.09. The molecule has 30 heavy (non-hydrogen) atoms. The number of carboxylic acids is 1. The van der Waals surface area contributed by atoms with Crippen molar-refractivity contribution in [3.8, 4) is 17.9 Å². The Hall–Kier alpha value is -3.14. The van der Waals surface area contributed by atoms with E-state index in [1.165, 1.54) is 17.4 Å². The molecule has 1 aromatic heterocycles. The molecule has 1 amide bonds. The first-order chi connectivity index (χ1) is 14.4. The summed E-state index contributed by atoms with van der Waals surface area (Å²) in [6.07, 6.45) is 5.23. The zero-order valence-electron chi connectivity index (χ0n) is 15.7. The van der Waals surface area contributed by atoms with Crippen LogP contribution in [0.5, 0.6) is 5.75 Å². The van der Waals surface area contributed by atoms with Crippen LogP contribution in [-0.2, 0) is 22.4 Å². The van der Waals surface area contributed by atoms with Crippen molar-refractivity contribution in [2.24, 2.45) is 0 Å². The maximum Gasteiger partial charge on any atom is 0.341 e. The van der Waals surface area contributed by atoms with Gasteiger partial charge >= 0.3 is 5.97 Å². The molecule has 9 heteroatoms. The van der Waals surface area contributed by atoms with E-state index < -0.39 is 18.5 Å². The number of rotatable bonds is 6. The Labute approximate surface area is 185 Å². The number of carboxylic acid groups (broad SMARTS) is 1. The lowest BCUT2D eigenvalue weighted by Crippen LogP contribution is -2.13. The van der Waals surface area contributed by atoms with Crippen LogP contribution < -0.4 is 10.1 Å². The summed E-state index contributed by atoms with van der Waals surface area (Å²) in [5.74, 6) is -1.35. The fourth-order valence-electron chi connectivity index (χ4n) is 3.12. The van der Waals surface area contributed by atoms with Crippen LogP contribution in [0, 0.1) is 22.7 Å². The van der Waals surface area contributed by atoms with E-state index in [1.54, 1.807) is 18.2 Å². The van der Waals surface area contributed by atoms with Crippen LogP contribution in [0.15, 0.2) is 28.2 Å². The topological polar surface area (TPSA) is 123 Å². The van der Waals surface area contributed by atoms with Gasteiger partial charge in [-0.1, -0.05) is 6.07 Å². The number of nitrogens with one attached hydrogen (secondary N) is 1. The third kappa shape index (κ3) is 4.88. The molecule has 0 radical (unpaired) electrons. The average molecular weight is 486 g/mol. The van der Waals surface area contributed by atoms with E-state index in [9.17, 15) is 20.1 Å². The number of aliphatic carboxylic acids is 1. The minimum absolute atomic E-state index is 0.114. The highest BCUT2D eigenvalue weighted by molar-refractivity contribution is 9.10. The predicted octanol–water partition coefficient (Wildman–Crippen LogP) is 4.27. The summed E-state index contributed by atoms with van der Waals surface area (Å²) in [6.45, 7) is -0.481. The molecule has 0 bridgehead atoms. The fourth-order valence-corrected chi connectivity index (χ4v) is 4.87. The summed E-state index contributed by atoms with van der Waals surface area (Å²) in [5.41, 5.74) is 1.94. The maximum absolute atomic E-state index is 12.7. The van der Waals surface area contributed by atoms with Gasteiger partial charge in [-0.25, -0.2) is 4.79 Å².